The average molecular weight is 220 g/mol. The number of methoxy groups -OCH3 is 1. The molecule has 1 heterocycles. The molecule has 0 amide bonds. The van der Waals surface area contributed by atoms with Crippen LogP contribution in [0, 0.1) is 0 Å². The van der Waals surface area contributed by atoms with Gasteiger partial charge in [0.2, 0.25) is 0 Å². The molecular weight excluding hydrogens is 200 g/mol. The zero-order valence-electron chi connectivity index (χ0n) is 10.5. The number of likely N-dealkylation sites (N-methyl/N-ethyl adjacent to an activating group) is 1. The van der Waals surface area contributed by atoms with E-state index in [9.17, 15) is 0 Å². The van der Waals surface area contributed by atoms with Gasteiger partial charge in [-0.05, 0) is 50.6 Å². The third kappa shape index (κ3) is 1.76. The molecule has 0 saturated heterocycles. The van der Waals surface area contributed by atoms with Gasteiger partial charge in [0.05, 0.1) is 12.8 Å². The highest BCUT2D eigenvalue weighted by Gasteiger charge is 2.30. The highest BCUT2D eigenvalue weighted by Crippen LogP contribution is 2.34. The van der Waals surface area contributed by atoms with E-state index in [4.69, 9.17) is 10.5 Å². The predicted molar refractivity (Wildman–Crippen MR) is 66.7 cm³/mol. The molecule has 0 aliphatic carbocycles. The van der Waals surface area contributed by atoms with Crippen LogP contribution in [0.5, 0.6) is 5.75 Å². The van der Waals surface area contributed by atoms with Gasteiger partial charge < -0.3 is 10.5 Å². The van der Waals surface area contributed by atoms with E-state index >= 15 is 0 Å². The van der Waals surface area contributed by atoms with Crippen LogP contribution in [0.1, 0.15) is 25.0 Å². The third-order valence-electron chi connectivity index (χ3n) is 3.62. The topological polar surface area (TPSA) is 38.5 Å². The Hall–Kier alpha value is -1.22. The van der Waals surface area contributed by atoms with E-state index in [1.165, 1.54) is 11.1 Å². The number of ether oxygens (including phenoxy) is 1. The quantitative estimate of drug-likeness (QED) is 0.736. The summed E-state index contributed by atoms with van der Waals surface area (Å²) in [5.41, 5.74) is 9.53. The molecule has 0 spiro atoms. The summed E-state index contributed by atoms with van der Waals surface area (Å²) in [5.74, 6) is 0.791. The second kappa shape index (κ2) is 3.67. The van der Waals surface area contributed by atoms with Crippen molar-refractivity contribution in [3.8, 4) is 5.75 Å². The highest BCUT2D eigenvalue weighted by molar-refractivity contribution is 5.57. The number of hydrogen-bond donors (Lipinski definition) is 1. The molecule has 3 nitrogen and oxygen atoms in total. The molecule has 0 fully saturated rings. The molecule has 16 heavy (non-hydrogen) atoms. The summed E-state index contributed by atoms with van der Waals surface area (Å²) < 4.78 is 5.27. The van der Waals surface area contributed by atoms with E-state index in [1.54, 1.807) is 7.11 Å². The molecule has 2 rings (SSSR count). The minimum atomic E-state index is 0.203. The molecule has 0 radical (unpaired) electrons. The molecule has 0 saturated carbocycles. The summed E-state index contributed by atoms with van der Waals surface area (Å²) in [6.45, 7) is 5.48. The second-order valence-corrected chi connectivity index (χ2v) is 5.21. The number of rotatable bonds is 1. The van der Waals surface area contributed by atoms with Crippen molar-refractivity contribution < 1.29 is 4.74 Å². The van der Waals surface area contributed by atoms with Crippen LogP contribution < -0.4 is 10.5 Å². The zero-order chi connectivity index (χ0) is 11.9. The number of hydrogen-bond acceptors (Lipinski definition) is 3. The predicted octanol–water partition coefficient (Wildman–Crippen LogP) is 2.04. The minimum Gasteiger partial charge on any atom is -0.495 e. The fraction of sp³-hybridized carbons (Fsp3) is 0.538. The fourth-order valence-electron chi connectivity index (χ4n) is 2.24. The normalized spacial score (nSPS) is 19.2. The average Bonchev–Trinajstić information content (AvgIpc) is 2.20. The summed E-state index contributed by atoms with van der Waals surface area (Å²) in [5, 5.41) is 0. The first-order valence-corrected chi connectivity index (χ1v) is 5.60. The van der Waals surface area contributed by atoms with Crippen molar-refractivity contribution in [1.82, 2.24) is 4.90 Å². The van der Waals surface area contributed by atoms with Gasteiger partial charge in [-0.1, -0.05) is 0 Å². The number of nitrogens with two attached hydrogens (primary N) is 1. The van der Waals surface area contributed by atoms with E-state index in [2.05, 4.69) is 31.9 Å². The molecule has 1 aromatic rings. The number of nitrogens with zero attached hydrogens (tertiary/aromatic N) is 1. The summed E-state index contributed by atoms with van der Waals surface area (Å²) in [7, 11) is 3.82. The van der Waals surface area contributed by atoms with Gasteiger partial charge in [-0.25, -0.2) is 0 Å². The lowest BCUT2D eigenvalue weighted by atomic mass is 9.85. The number of anilines is 1. The Labute approximate surface area is 97.2 Å². The van der Waals surface area contributed by atoms with Crippen molar-refractivity contribution in [3.05, 3.63) is 23.3 Å². The lowest BCUT2D eigenvalue weighted by Gasteiger charge is -2.41. The third-order valence-corrected chi connectivity index (χ3v) is 3.62. The van der Waals surface area contributed by atoms with Crippen LogP contribution in [0.3, 0.4) is 0 Å². The molecule has 0 aromatic heterocycles. The Balaban J connectivity index is 2.45. The number of benzene rings is 1. The Morgan fingerprint density at radius 2 is 2.00 bits per heavy atom. The van der Waals surface area contributed by atoms with Crippen LogP contribution in [-0.2, 0) is 13.0 Å². The minimum absolute atomic E-state index is 0.203. The molecule has 88 valence electrons. The van der Waals surface area contributed by atoms with Crippen molar-refractivity contribution in [2.24, 2.45) is 0 Å². The standard InChI is InChI=1S/C13H20N2O/c1-13(2)7-9-6-12(16-4)11(14)5-10(9)8-15(13)3/h5-6H,7-8,14H2,1-4H3. The van der Waals surface area contributed by atoms with Crippen LogP contribution >= 0.6 is 0 Å². The van der Waals surface area contributed by atoms with Gasteiger partial charge in [0.25, 0.3) is 0 Å². The van der Waals surface area contributed by atoms with Gasteiger partial charge in [0.1, 0.15) is 5.75 Å². The Morgan fingerprint density at radius 3 is 2.62 bits per heavy atom. The fourth-order valence-corrected chi connectivity index (χ4v) is 2.24. The Morgan fingerprint density at radius 1 is 1.31 bits per heavy atom. The van der Waals surface area contributed by atoms with E-state index < -0.39 is 0 Å². The Bertz CT molecular complexity index is 413. The van der Waals surface area contributed by atoms with E-state index in [-0.39, 0.29) is 5.54 Å². The van der Waals surface area contributed by atoms with Crippen molar-refractivity contribution in [3.63, 3.8) is 0 Å². The van der Waals surface area contributed by atoms with E-state index in [0.717, 1.165) is 24.4 Å². The maximum absolute atomic E-state index is 5.92. The van der Waals surface area contributed by atoms with Gasteiger partial charge in [0, 0.05) is 12.1 Å². The molecule has 3 heteroatoms. The van der Waals surface area contributed by atoms with Crippen LogP contribution in [0.4, 0.5) is 5.69 Å². The molecule has 1 aromatic carbocycles. The molecule has 0 unspecified atom stereocenters. The SMILES string of the molecule is COc1cc2c(cc1N)CN(C)C(C)(C)C2. The van der Waals surface area contributed by atoms with E-state index in [1.807, 2.05) is 6.07 Å². The first-order valence-electron chi connectivity index (χ1n) is 5.60. The first-order chi connectivity index (χ1) is 7.44. The molecule has 1 aliphatic rings. The Kier molecular flexibility index (Phi) is 2.58. The van der Waals surface area contributed by atoms with Crippen molar-refractivity contribution in [2.75, 3.05) is 19.9 Å². The second-order valence-electron chi connectivity index (χ2n) is 5.21. The number of nitrogen functional groups attached to an aromatic ring is 1. The molecule has 0 bridgehead atoms. The van der Waals surface area contributed by atoms with Crippen LogP contribution in [0.2, 0.25) is 0 Å². The summed E-state index contributed by atoms with van der Waals surface area (Å²) in [6, 6.07) is 4.12. The molecule has 1 aliphatic heterocycles. The van der Waals surface area contributed by atoms with Crippen LogP contribution in [0.15, 0.2) is 12.1 Å². The first kappa shape index (κ1) is 11.3. The molecular formula is C13H20N2O. The van der Waals surface area contributed by atoms with Crippen molar-refractivity contribution in [2.45, 2.75) is 32.4 Å². The summed E-state index contributed by atoms with van der Waals surface area (Å²) in [6.07, 6.45) is 1.04. The van der Waals surface area contributed by atoms with Crippen LogP contribution in [-0.4, -0.2) is 24.6 Å². The van der Waals surface area contributed by atoms with Gasteiger partial charge >= 0.3 is 0 Å². The lowest BCUT2D eigenvalue weighted by molar-refractivity contribution is 0.133. The maximum Gasteiger partial charge on any atom is 0.142 e. The van der Waals surface area contributed by atoms with Gasteiger partial charge in [-0.15, -0.1) is 0 Å². The summed E-state index contributed by atoms with van der Waals surface area (Å²) >= 11 is 0. The molecule has 0 atom stereocenters. The maximum atomic E-state index is 5.92. The summed E-state index contributed by atoms with van der Waals surface area (Å²) in [4.78, 5) is 2.36. The highest BCUT2D eigenvalue weighted by atomic mass is 16.5. The van der Waals surface area contributed by atoms with Gasteiger partial charge in [0.15, 0.2) is 0 Å². The van der Waals surface area contributed by atoms with Gasteiger partial charge in [-0.2, -0.15) is 0 Å². The van der Waals surface area contributed by atoms with E-state index in [0.29, 0.717) is 0 Å². The molecule has 2 N–H and O–H groups in total. The van der Waals surface area contributed by atoms with Gasteiger partial charge in [-0.3, -0.25) is 4.90 Å². The zero-order valence-corrected chi connectivity index (χ0v) is 10.5. The van der Waals surface area contributed by atoms with Crippen molar-refractivity contribution >= 4 is 5.69 Å². The monoisotopic (exact) mass is 220 g/mol. The van der Waals surface area contributed by atoms with Crippen molar-refractivity contribution in [1.29, 1.82) is 0 Å². The van der Waals surface area contributed by atoms with Crippen LogP contribution in [0.25, 0.3) is 0 Å². The lowest BCUT2D eigenvalue weighted by Crippen LogP contribution is -2.45. The largest absolute Gasteiger partial charge is 0.495 e. The number of fused-ring (bicyclic) bond motifs is 1. The smallest absolute Gasteiger partial charge is 0.142 e.